The maximum atomic E-state index is 13.0. The van der Waals surface area contributed by atoms with Gasteiger partial charge in [0.2, 0.25) is 0 Å². The molecule has 1 aromatic heterocycles. The highest BCUT2D eigenvalue weighted by atomic mass is 19.3. The molecular formula is C8H8F4N2. The lowest BCUT2D eigenvalue weighted by atomic mass is 9.94. The highest BCUT2D eigenvalue weighted by molar-refractivity contribution is 5.24. The van der Waals surface area contributed by atoms with Gasteiger partial charge in [-0.2, -0.15) is 0 Å². The minimum atomic E-state index is -3.06. The molecule has 1 rings (SSSR count). The number of alkyl halides is 2. The molecule has 0 aliphatic rings. The fourth-order valence-corrected chi connectivity index (χ4v) is 1.04. The van der Waals surface area contributed by atoms with Crippen LogP contribution in [0.1, 0.15) is 12.5 Å². The van der Waals surface area contributed by atoms with Gasteiger partial charge in [-0.25, -0.2) is 17.6 Å². The predicted molar refractivity (Wildman–Crippen MR) is 41.7 cm³/mol. The second kappa shape index (κ2) is 3.53. The third kappa shape index (κ3) is 1.70. The second-order valence-electron chi connectivity index (χ2n) is 3.06. The van der Waals surface area contributed by atoms with Crippen molar-refractivity contribution >= 4 is 0 Å². The average Bonchev–Trinajstić information content (AvgIpc) is 2.02. The number of nitrogens with two attached hydrogens (primary N) is 1. The minimum absolute atomic E-state index is 0.645. The standard InChI is InChI=1S/C8H8F4N2/c1-8(13,7(11)12)6-4(9)2-14-3-5(6)10/h2-3,7H,13H2,1H3. The van der Waals surface area contributed by atoms with E-state index in [1.54, 1.807) is 0 Å². The Balaban J connectivity index is 3.31. The Labute approximate surface area is 77.7 Å². The number of aromatic nitrogens is 1. The van der Waals surface area contributed by atoms with E-state index < -0.39 is 29.2 Å². The highest BCUT2D eigenvalue weighted by Crippen LogP contribution is 2.28. The molecule has 1 aromatic rings. The summed E-state index contributed by atoms with van der Waals surface area (Å²) in [6.45, 7) is 0.860. The van der Waals surface area contributed by atoms with Crippen molar-refractivity contribution in [3.05, 3.63) is 29.6 Å². The molecule has 6 heteroatoms. The Morgan fingerprint density at radius 3 is 2.07 bits per heavy atom. The lowest BCUT2D eigenvalue weighted by Gasteiger charge is -2.24. The van der Waals surface area contributed by atoms with Gasteiger partial charge in [0.1, 0.15) is 17.2 Å². The Morgan fingerprint density at radius 2 is 1.71 bits per heavy atom. The van der Waals surface area contributed by atoms with Crippen LogP contribution in [0.4, 0.5) is 17.6 Å². The Kier molecular flexibility index (Phi) is 2.75. The third-order valence-corrected chi connectivity index (χ3v) is 1.85. The number of pyridine rings is 1. The van der Waals surface area contributed by atoms with Crippen LogP contribution in [0.2, 0.25) is 0 Å². The number of rotatable bonds is 2. The van der Waals surface area contributed by atoms with Crippen LogP contribution in [-0.4, -0.2) is 11.4 Å². The summed E-state index contributed by atoms with van der Waals surface area (Å²) in [7, 11) is 0. The number of nitrogens with zero attached hydrogens (tertiary/aromatic N) is 1. The van der Waals surface area contributed by atoms with Crippen LogP contribution in [0, 0.1) is 11.6 Å². The zero-order valence-corrected chi connectivity index (χ0v) is 7.27. The Morgan fingerprint density at radius 1 is 1.29 bits per heavy atom. The second-order valence-corrected chi connectivity index (χ2v) is 3.06. The van der Waals surface area contributed by atoms with Crippen molar-refractivity contribution in [2.24, 2.45) is 5.73 Å². The van der Waals surface area contributed by atoms with Crippen LogP contribution in [-0.2, 0) is 5.54 Å². The maximum Gasteiger partial charge on any atom is 0.260 e. The van der Waals surface area contributed by atoms with Crippen LogP contribution >= 0.6 is 0 Å². The molecule has 0 spiro atoms. The number of halogens is 4. The van der Waals surface area contributed by atoms with E-state index in [1.807, 2.05) is 0 Å². The van der Waals surface area contributed by atoms with Gasteiger partial charge in [0.15, 0.2) is 0 Å². The van der Waals surface area contributed by atoms with Gasteiger partial charge in [0.25, 0.3) is 6.43 Å². The smallest absolute Gasteiger partial charge is 0.260 e. The molecular weight excluding hydrogens is 200 g/mol. The van der Waals surface area contributed by atoms with E-state index in [-0.39, 0.29) is 0 Å². The predicted octanol–water partition coefficient (Wildman–Crippen LogP) is 1.80. The van der Waals surface area contributed by atoms with Gasteiger partial charge in [0, 0.05) is 0 Å². The molecule has 1 atom stereocenters. The van der Waals surface area contributed by atoms with Gasteiger partial charge in [-0.3, -0.25) is 4.98 Å². The van der Waals surface area contributed by atoms with Gasteiger partial charge in [-0.1, -0.05) is 0 Å². The lowest BCUT2D eigenvalue weighted by molar-refractivity contribution is 0.0581. The molecule has 78 valence electrons. The molecule has 2 N–H and O–H groups in total. The minimum Gasteiger partial charge on any atom is -0.317 e. The average molecular weight is 208 g/mol. The number of hydrogen-bond acceptors (Lipinski definition) is 2. The van der Waals surface area contributed by atoms with Gasteiger partial charge < -0.3 is 5.73 Å². The Bertz CT molecular complexity index is 318. The number of hydrogen-bond donors (Lipinski definition) is 1. The SMILES string of the molecule is CC(N)(c1c(F)cncc1F)C(F)F. The summed E-state index contributed by atoms with van der Waals surface area (Å²) in [6, 6.07) is 0. The van der Waals surface area contributed by atoms with Crippen LogP contribution < -0.4 is 5.73 Å². The maximum absolute atomic E-state index is 13.0. The molecule has 0 aliphatic carbocycles. The molecule has 0 bridgehead atoms. The summed E-state index contributed by atoms with van der Waals surface area (Å²) in [5.74, 6) is -2.34. The van der Waals surface area contributed by atoms with Crippen LogP contribution in [0.5, 0.6) is 0 Å². The van der Waals surface area contributed by atoms with E-state index in [1.165, 1.54) is 0 Å². The molecule has 2 nitrogen and oxygen atoms in total. The zero-order valence-electron chi connectivity index (χ0n) is 7.27. The first-order valence-corrected chi connectivity index (χ1v) is 3.74. The summed E-state index contributed by atoms with van der Waals surface area (Å²) in [5.41, 5.74) is 1.93. The summed E-state index contributed by atoms with van der Waals surface area (Å²) in [4.78, 5) is 3.17. The molecule has 0 fully saturated rings. The molecule has 0 saturated carbocycles. The quantitative estimate of drug-likeness (QED) is 0.752. The molecule has 0 radical (unpaired) electrons. The van der Waals surface area contributed by atoms with Crippen molar-refractivity contribution < 1.29 is 17.6 Å². The van der Waals surface area contributed by atoms with Crippen LogP contribution in [0.25, 0.3) is 0 Å². The van der Waals surface area contributed by atoms with Gasteiger partial charge in [-0.05, 0) is 6.92 Å². The monoisotopic (exact) mass is 208 g/mol. The summed E-state index contributed by atoms with van der Waals surface area (Å²) < 4.78 is 50.7. The third-order valence-electron chi connectivity index (χ3n) is 1.85. The first kappa shape index (κ1) is 10.9. The van der Waals surface area contributed by atoms with E-state index in [2.05, 4.69) is 4.98 Å². The first-order chi connectivity index (χ1) is 6.37. The lowest BCUT2D eigenvalue weighted by Crippen LogP contribution is -2.42. The zero-order chi connectivity index (χ0) is 10.9. The molecule has 0 aliphatic heterocycles. The normalized spacial score (nSPS) is 15.6. The van der Waals surface area contributed by atoms with Gasteiger partial charge >= 0.3 is 0 Å². The van der Waals surface area contributed by atoms with E-state index in [0.29, 0.717) is 12.4 Å². The molecule has 0 amide bonds. The fraction of sp³-hybridized carbons (Fsp3) is 0.375. The van der Waals surface area contributed by atoms with Crippen molar-refractivity contribution in [2.45, 2.75) is 18.9 Å². The largest absolute Gasteiger partial charge is 0.317 e. The van der Waals surface area contributed by atoms with Gasteiger partial charge in [-0.15, -0.1) is 0 Å². The summed E-state index contributed by atoms with van der Waals surface area (Å²) in [6.07, 6.45) is -1.77. The van der Waals surface area contributed by atoms with Crippen molar-refractivity contribution in [1.82, 2.24) is 4.98 Å². The van der Waals surface area contributed by atoms with E-state index in [4.69, 9.17) is 5.73 Å². The molecule has 1 heterocycles. The first-order valence-electron chi connectivity index (χ1n) is 3.74. The summed E-state index contributed by atoms with van der Waals surface area (Å²) in [5, 5.41) is 0. The van der Waals surface area contributed by atoms with Crippen LogP contribution in [0.15, 0.2) is 12.4 Å². The van der Waals surface area contributed by atoms with Crippen molar-refractivity contribution in [1.29, 1.82) is 0 Å². The molecule has 0 aromatic carbocycles. The fourth-order valence-electron chi connectivity index (χ4n) is 1.04. The van der Waals surface area contributed by atoms with E-state index >= 15 is 0 Å². The van der Waals surface area contributed by atoms with Gasteiger partial charge in [0.05, 0.1) is 18.0 Å². The van der Waals surface area contributed by atoms with E-state index in [0.717, 1.165) is 6.92 Å². The highest BCUT2D eigenvalue weighted by Gasteiger charge is 2.37. The summed E-state index contributed by atoms with van der Waals surface area (Å²) >= 11 is 0. The molecule has 14 heavy (non-hydrogen) atoms. The van der Waals surface area contributed by atoms with Crippen molar-refractivity contribution in [3.8, 4) is 0 Å². The molecule has 1 unspecified atom stereocenters. The molecule has 0 saturated heterocycles. The van der Waals surface area contributed by atoms with Crippen molar-refractivity contribution in [3.63, 3.8) is 0 Å². The van der Waals surface area contributed by atoms with Crippen molar-refractivity contribution in [2.75, 3.05) is 0 Å². The van der Waals surface area contributed by atoms with Crippen LogP contribution in [0.3, 0.4) is 0 Å². The Hall–Kier alpha value is -1.17. The topological polar surface area (TPSA) is 38.9 Å². The van der Waals surface area contributed by atoms with E-state index in [9.17, 15) is 17.6 Å².